The minimum Gasteiger partial charge on any atom is -0.480 e. The average molecular weight is 276 g/mol. The second-order valence-electron chi connectivity index (χ2n) is 4.75. The highest BCUT2D eigenvalue weighted by molar-refractivity contribution is 5.78. The van der Waals surface area contributed by atoms with Crippen LogP contribution in [0.5, 0.6) is 0 Å². The number of ether oxygens (including phenoxy) is 2. The van der Waals surface area contributed by atoms with E-state index in [0.717, 1.165) is 26.1 Å². The zero-order valence-corrected chi connectivity index (χ0v) is 12.4. The van der Waals surface area contributed by atoms with Gasteiger partial charge in [0, 0.05) is 27.3 Å². The number of carbonyl (C=O) groups is 1. The summed E-state index contributed by atoms with van der Waals surface area (Å²) in [6.07, 6.45) is 1.68. The van der Waals surface area contributed by atoms with Crippen LogP contribution in [-0.4, -0.2) is 68.6 Å². The molecule has 6 nitrogen and oxygen atoms in total. The predicted molar refractivity (Wildman–Crippen MR) is 74.3 cm³/mol. The summed E-state index contributed by atoms with van der Waals surface area (Å²) in [5, 5.41) is 9.10. The minimum atomic E-state index is -1.10. The van der Waals surface area contributed by atoms with Gasteiger partial charge in [-0.05, 0) is 25.8 Å². The summed E-state index contributed by atoms with van der Waals surface area (Å²) in [6.45, 7) is 5.56. The van der Waals surface area contributed by atoms with Crippen molar-refractivity contribution < 1.29 is 19.4 Å². The lowest BCUT2D eigenvalue weighted by atomic mass is 9.92. The molecule has 1 atom stereocenters. The molecule has 0 aliphatic heterocycles. The van der Waals surface area contributed by atoms with E-state index in [2.05, 4.69) is 4.90 Å². The molecule has 0 heterocycles. The first-order chi connectivity index (χ1) is 9.00. The molecule has 1 unspecified atom stereocenters. The number of hydrogen-bond acceptors (Lipinski definition) is 5. The molecule has 0 aliphatic rings. The number of rotatable bonds is 12. The van der Waals surface area contributed by atoms with Crippen molar-refractivity contribution >= 4 is 5.97 Å². The van der Waals surface area contributed by atoms with Gasteiger partial charge in [-0.3, -0.25) is 9.69 Å². The van der Waals surface area contributed by atoms with Gasteiger partial charge < -0.3 is 20.3 Å². The normalized spacial score (nSPS) is 14.6. The van der Waals surface area contributed by atoms with Crippen LogP contribution in [-0.2, 0) is 14.3 Å². The van der Waals surface area contributed by atoms with Crippen LogP contribution in [0.4, 0.5) is 0 Å². The van der Waals surface area contributed by atoms with Crippen LogP contribution < -0.4 is 5.73 Å². The Hall–Kier alpha value is -0.690. The molecule has 0 aromatic rings. The molecule has 0 rings (SSSR count). The molecule has 0 saturated carbocycles. The van der Waals surface area contributed by atoms with Gasteiger partial charge in [-0.1, -0.05) is 6.92 Å². The van der Waals surface area contributed by atoms with Gasteiger partial charge in [-0.25, -0.2) is 0 Å². The third kappa shape index (κ3) is 7.47. The van der Waals surface area contributed by atoms with Crippen molar-refractivity contribution in [2.45, 2.75) is 31.7 Å². The quantitative estimate of drug-likeness (QED) is 0.541. The van der Waals surface area contributed by atoms with E-state index < -0.39 is 11.5 Å². The van der Waals surface area contributed by atoms with E-state index in [9.17, 15) is 4.79 Å². The topological polar surface area (TPSA) is 85.0 Å². The van der Waals surface area contributed by atoms with Crippen LogP contribution in [0.3, 0.4) is 0 Å². The molecule has 0 aromatic heterocycles. The summed E-state index contributed by atoms with van der Waals surface area (Å²) in [5.41, 5.74) is 4.76. The zero-order chi connectivity index (χ0) is 14.7. The highest BCUT2D eigenvalue weighted by atomic mass is 16.5. The van der Waals surface area contributed by atoms with Crippen molar-refractivity contribution in [1.82, 2.24) is 4.90 Å². The summed E-state index contributed by atoms with van der Waals surface area (Å²) in [5.74, 6) is -0.921. The van der Waals surface area contributed by atoms with Crippen LogP contribution in [0.1, 0.15) is 26.2 Å². The van der Waals surface area contributed by atoms with Crippen molar-refractivity contribution in [1.29, 1.82) is 0 Å². The van der Waals surface area contributed by atoms with Gasteiger partial charge in [0.15, 0.2) is 0 Å². The van der Waals surface area contributed by atoms with Gasteiger partial charge >= 0.3 is 5.97 Å². The number of nitrogens with zero attached hydrogens (tertiary/aromatic N) is 1. The van der Waals surface area contributed by atoms with Crippen LogP contribution in [0.15, 0.2) is 0 Å². The number of nitrogens with two attached hydrogens (primary N) is 1. The van der Waals surface area contributed by atoms with Crippen molar-refractivity contribution in [3.8, 4) is 0 Å². The molecule has 6 heteroatoms. The van der Waals surface area contributed by atoms with Crippen LogP contribution in [0.25, 0.3) is 0 Å². The number of methoxy groups -OCH3 is 2. The summed E-state index contributed by atoms with van der Waals surface area (Å²) < 4.78 is 10.1. The van der Waals surface area contributed by atoms with Gasteiger partial charge in [0.05, 0.1) is 13.2 Å². The van der Waals surface area contributed by atoms with Crippen LogP contribution >= 0.6 is 0 Å². The lowest BCUT2D eigenvalue weighted by molar-refractivity contribution is -0.143. The molecule has 0 radical (unpaired) electrons. The van der Waals surface area contributed by atoms with Crippen molar-refractivity contribution in [2.75, 3.05) is 47.1 Å². The molecule has 3 N–H and O–H groups in total. The fourth-order valence-corrected chi connectivity index (χ4v) is 1.83. The first kappa shape index (κ1) is 18.3. The van der Waals surface area contributed by atoms with E-state index in [4.69, 9.17) is 20.3 Å². The Balaban J connectivity index is 4.11. The van der Waals surface area contributed by atoms with Crippen molar-refractivity contribution in [3.05, 3.63) is 0 Å². The highest BCUT2D eigenvalue weighted by Gasteiger charge is 2.31. The van der Waals surface area contributed by atoms with Crippen LogP contribution in [0.2, 0.25) is 0 Å². The Bertz CT molecular complexity index is 243. The van der Waals surface area contributed by atoms with Gasteiger partial charge in [-0.15, -0.1) is 0 Å². The number of hydrogen-bond donors (Lipinski definition) is 2. The van der Waals surface area contributed by atoms with Gasteiger partial charge in [0.25, 0.3) is 0 Å². The Morgan fingerprint density at radius 1 is 1.21 bits per heavy atom. The van der Waals surface area contributed by atoms with E-state index in [1.54, 1.807) is 14.2 Å². The Morgan fingerprint density at radius 2 is 1.74 bits per heavy atom. The Labute approximate surface area is 115 Å². The van der Waals surface area contributed by atoms with E-state index in [1.165, 1.54) is 0 Å². The lowest BCUT2D eigenvalue weighted by Gasteiger charge is -2.26. The minimum absolute atomic E-state index is 0.443. The summed E-state index contributed by atoms with van der Waals surface area (Å²) in [6, 6.07) is 0. The van der Waals surface area contributed by atoms with E-state index in [1.807, 2.05) is 6.92 Å². The maximum absolute atomic E-state index is 11.1. The first-order valence-corrected chi connectivity index (χ1v) is 6.72. The monoisotopic (exact) mass is 276 g/mol. The molecule has 0 amide bonds. The fourth-order valence-electron chi connectivity index (χ4n) is 1.83. The molecule has 114 valence electrons. The SMILES string of the molecule is CCC(N)(CCCN(CCOC)CCOC)C(=O)O. The molecule has 0 bridgehead atoms. The highest BCUT2D eigenvalue weighted by Crippen LogP contribution is 2.14. The Kier molecular flexibility index (Phi) is 9.77. The molecule has 0 aromatic carbocycles. The maximum atomic E-state index is 11.1. The zero-order valence-electron chi connectivity index (χ0n) is 12.4. The molecule has 0 aliphatic carbocycles. The van der Waals surface area contributed by atoms with Gasteiger partial charge in [-0.2, -0.15) is 0 Å². The van der Waals surface area contributed by atoms with Crippen molar-refractivity contribution in [2.24, 2.45) is 5.73 Å². The third-order valence-corrected chi connectivity index (χ3v) is 3.38. The van der Waals surface area contributed by atoms with E-state index in [-0.39, 0.29) is 0 Å². The van der Waals surface area contributed by atoms with Gasteiger partial charge in [0.2, 0.25) is 0 Å². The lowest BCUT2D eigenvalue weighted by Crippen LogP contribution is -2.47. The molecule has 19 heavy (non-hydrogen) atoms. The number of carboxylic acid groups (broad SMARTS) is 1. The van der Waals surface area contributed by atoms with E-state index in [0.29, 0.717) is 26.1 Å². The Morgan fingerprint density at radius 3 is 2.11 bits per heavy atom. The summed E-state index contributed by atoms with van der Waals surface area (Å²) >= 11 is 0. The first-order valence-electron chi connectivity index (χ1n) is 6.72. The number of carboxylic acids is 1. The predicted octanol–water partition coefficient (Wildman–Crippen LogP) is 0.554. The summed E-state index contributed by atoms with van der Waals surface area (Å²) in [7, 11) is 3.34. The van der Waals surface area contributed by atoms with Crippen LogP contribution in [0, 0.1) is 0 Å². The summed E-state index contributed by atoms with van der Waals surface area (Å²) in [4.78, 5) is 13.3. The molecule has 0 fully saturated rings. The third-order valence-electron chi connectivity index (χ3n) is 3.38. The molecular formula is C13H28N2O4. The average Bonchev–Trinajstić information content (AvgIpc) is 2.40. The molecule has 0 spiro atoms. The fraction of sp³-hybridized carbons (Fsp3) is 0.923. The second kappa shape index (κ2) is 10.1. The number of aliphatic carboxylic acids is 1. The maximum Gasteiger partial charge on any atom is 0.323 e. The molecular weight excluding hydrogens is 248 g/mol. The van der Waals surface area contributed by atoms with Gasteiger partial charge in [0.1, 0.15) is 5.54 Å². The second-order valence-corrected chi connectivity index (χ2v) is 4.75. The van der Waals surface area contributed by atoms with Crippen molar-refractivity contribution in [3.63, 3.8) is 0 Å². The van der Waals surface area contributed by atoms with E-state index >= 15 is 0 Å². The molecule has 0 saturated heterocycles. The largest absolute Gasteiger partial charge is 0.480 e. The standard InChI is InChI=1S/C13H28N2O4/c1-4-13(14,12(16)17)6-5-7-15(8-10-18-2)9-11-19-3/h4-11,14H2,1-3H3,(H,16,17). The smallest absolute Gasteiger partial charge is 0.323 e.